The minimum Gasteiger partial charge on any atom is -0.458 e. The van der Waals surface area contributed by atoms with E-state index in [-0.39, 0.29) is 36.4 Å². The molecule has 2 aliphatic carbocycles. The lowest BCUT2D eigenvalue weighted by Gasteiger charge is -2.36. The molecular formula is C14H17NO5. The number of rotatable bonds is 4. The van der Waals surface area contributed by atoms with Crippen molar-refractivity contribution in [2.75, 3.05) is 6.54 Å². The van der Waals surface area contributed by atoms with Crippen molar-refractivity contribution in [3.63, 3.8) is 0 Å². The van der Waals surface area contributed by atoms with Crippen LogP contribution in [0.2, 0.25) is 0 Å². The summed E-state index contributed by atoms with van der Waals surface area (Å²) >= 11 is 0. The van der Waals surface area contributed by atoms with Gasteiger partial charge >= 0.3 is 11.9 Å². The van der Waals surface area contributed by atoms with E-state index in [0.717, 1.165) is 18.9 Å². The Hall–Kier alpha value is -1.85. The predicted molar refractivity (Wildman–Crippen MR) is 67.3 cm³/mol. The van der Waals surface area contributed by atoms with Crippen LogP contribution in [0.25, 0.3) is 0 Å². The van der Waals surface area contributed by atoms with E-state index in [2.05, 4.69) is 11.9 Å². The highest BCUT2D eigenvalue weighted by Crippen LogP contribution is 2.60. The third kappa shape index (κ3) is 1.74. The van der Waals surface area contributed by atoms with E-state index < -0.39 is 17.5 Å². The molecule has 3 aliphatic rings. The summed E-state index contributed by atoms with van der Waals surface area (Å²) in [5, 5.41) is 2.38. The van der Waals surface area contributed by atoms with E-state index in [1.54, 1.807) is 0 Å². The van der Waals surface area contributed by atoms with E-state index in [1.807, 2.05) is 6.92 Å². The van der Waals surface area contributed by atoms with Crippen molar-refractivity contribution < 1.29 is 23.9 Å². The number of amides is 1. The fraction of sp³-hybridized carbons (Fsp3) is 0.643. The maximum Gasteiger partial charge on any atom is 0.326 e. The van der Waals surface area contributed by atoms with Crippen LogP contribution in [0.5, 0.6) is 0 Å². The molecule has 1 saturated heterocycles. The first-order valence-electron chi connectivity index (χ1n) is 6.78. The van der Waals surface area contributed by atoms with Gasteiger partial charge in [-0.2, -0.15) is 0 Å². The van der Waals surface area contributed by atoms with Crippen LogP contribution in [-0.4, -0.2) is 36.1 Å². The standard InChI is InChI=1S/C14H17NO5/c1-3-10(16)15-6-11(17)20-14(2)7-4-8-9(5-7)13(18)19-12(8)14/h3,7-9,12H,1,4-6H2,2H3,(H,15,16). The van der Waals surface area contributed by atoms with Crippen LogP contribution in [0.3, 0.4) is 0 Å². The van der Waals surface area contributed by atoms with Gasteiger partial charge in [-0.15, -0.1) is 0 Å². The average Bonchev–Trinajstić information content (AvgIpc) is 3.01. The SMILES string of the molecule is C=CC(=O)NCC(=O)OC1(C)C2CC3C(=O)OC1C3C2. The van der Waals surface area contributed by atoms with Gasteiger partial charge in [-0.3, -0.25) is 14.4 Å². The molecule has 2 saturated carbocycles. The molecule has 3 rings (SSSR count). The molecule has 1 amide bonds. The number of fused-ring (bicyclic) bond motifs is 1. The summed E-state index contributed by atoms with van der Waals surface area (Å²) in [6.45, 7) is 4.92. The molecule has 108 valence electrons. The van der Waals surface area contributed by atoms with Crippen LogP contribution in [0, 0.1) is 17.8 Å². The van der Waals surface area contributed by atoms with E-state index in [9.17, 15) is 14.4 Å². The average molecular weight is 279 g/mol. The normalized spacial score (nSPS) is 40.4. The Kier molecular flexibility index (Phi) is 2.84. The third-order valence-corrected chi connectivity index (χ3v) is 4.85. The molecule has 20 heavy (non-hydrogen) atoms. The fourth-order valence-electron chi connectivity index (χ4n) is 3.87. The number of nitrogens with one attached hydrogen (secondary N) is 1. The first kappa shape index (κ1) is 13.1. The second kappa shape index (κ2) is 4.33. The highest BCUT2D eigenvalue weighted by molar-refractivity contribution is 5.89. The van der Waals surface area contributed by atoms with Gasteiger partial charge in [0.05, 0.1) is 5.92 Å². The Bertz CT molecular complexity index is 502. The second-order valence-electron chi connectivity index (χ2n) is 5.88. The lowest BCUT2D eigenvalue weighted by molar-refractivity contribution is -0.178. The van der Waals surface area contributed by atoms with Crippen LogP contribution >= 0.6 is 0 Å². The molecular weight excluding hydrogens is 262 g/mol. The van der Waals surface area contributed by atoms with E-state index >= 15 is 0 Å². The summed E-state index contributed by atoms with van der Waals surface area (Å²) in [7, 11) is 0. The molecule has 2 bridgehead atoms. The van der Waals surface area contributed by atoms with Crippen molar-refractivity contribution in [2.24, 2.45) is 17.8 Å². The molecule has 0 radical (unpaired) electrons. The van der Waals surface area contributed by atoms with Crippen LogP contribution in [0.1, 0.15) is 19.8 Å². The molecule has 6 nitrogen and oxygen atoms in total. The van der Waals surface area contributed by atoms with Gasteiger partial charge in [0, 0.05) is 11.8 Å². The van der Waals surface area contributed by atoms with Gasteiger partial charge in [0.1, 0.15) is 18.2 Å². The van der Waals surface area contributed by atoms with Crippen molar-refractivity contribution >= 4 is 17.8 Å². The fourth-order valence-corrected chi connectivity index (χ4v) is 3.87. The monoisotopic (exact) mass is 279 g/mol. The largest absolute Gasteiger partial charge is 0.458 e. The van der Waals surface area contributed by atoms with E-state index in [1.165, 1.54) is 0 Å². The highest BCUT2D eigenvalue weighted by atomic mass is 16.6. The smallest absolute Gasteiger partial charge is 0.326 e. The quantitative estimate of drug-likeness (QED) is 0.586. The summed E-state index contributed by atoms with van der Waals surface area (Å²) in [4.78, 5) is 34.6. The number of hydrogen-bond acceptors (Lipinski definition) is 5. The number of hydrogen-bond donors (Lipinski definition) is 1. The molecule has 1 aliphatic heterocycles. The number of carbonyl (C=O) groups is 3. The molecule has 0 spiro atoms. The molecule has 5 unspecified atom stereocenters. The molecule has 0 aromatic rings. The van der Waals surface area contributed by atoms with Gasteiger partial charge in [0.15, 0.2) is 0 Å². The predicted octanol–water partition coefficient (Wildman–Crippen LogP) is 0.172. The van der Waals surface area contributed by atoms with Gasteiger partial charge in [-0.25, -0.2) is 0 Å². The minimum atomic E-state index is -0.761. The van der Waals surface area contributed by atoms with Gasteiger partial charge in [-0.1, -0.05) is 6.58 Å². The number of ether oxygens (including phenoxy) is 2. The first-order valence-corrected chi connectivity index (χ1v) is 6.78. The molecule has 0 aromatic heterocycles. The van der Waals surface area contributed by atoms with Crippen LogP contribution < -0.4 is 5.32 Å². The zero-order valence-corrected chi connectivity index (χ0v) is 11.3. The maximum atomic E-state index is 11.8. The third-order valence-electron chi connectivity index (χ3n) is 4.85. The van der Waals surface area contributed by atoms with Crippen molar-refractivity contribution in [1.29, 1.82) is 0 Å². The zero-order chi connectivity index (χ0) is 14.5. The second-order valence-corrected chi connectivity index (χ2v) is 5.88. The van der Waals surface area contributed by atoms with Crippen molar-refractivity contribution in [2.45, 2.75) is 31.5 Å². The Morgan fingerprint density at radius 3 is 3.00 bits per heavy atom. The van der Waals surface area contributed by atoms with Crippen LogP contribution in [0.15, 0.2) is 12.7 Å². The van der Waals surface area contributed by atoms with Crippen molar-refractivity contribution in [3.8, 4) is 0 Å². The molecule has 1 N–H and O–H groups in total. The Balaban J connectivity index is 1.66. The summed E-state index contributed by atoms with van der Waals surface area (Å²) in [5.41, 5.74) is -0.761. The molecule has 5 atom stereocenters. The lowest BCUT2D eigenvalue weighted by Crippen LogP contribution is -2.49. The summed E-state index contributed by atoms with van der Waals surface area (Å²) < 4.78 is 10.9. The highest BCUT2D eigenvalue weighted by Gasteiger charge is 2.69. The first-order chi connectivity index (χ1) is 9.45. The van der Waals surface area contributed by atoms with Crippen LogP contribution in [-0.2, 0) is 23.9 Å². The Morgan fingerprint density at radius 2 is 2.30 bits per heavy atom. The van der Waals surface area contributed by atoms with Crippen LogP contribution in [0.4, 0.5) is 0 Å². The molecule has 3 fully saturated rings. The van der Waals surface area contributed by atoms with E-state index in [0.29, 0.717) is 0 Å². The summed E-state index contributed by atoms with van der Waals surface area (Å²) in [6.07, 6.45) is 2.35. The lowest BCUT2D eigenvalue weighted by atomic mass is 9.80. The molecule has 0 aromatic carbocycles. The molecule has 1 heterocycles. The van der Waals surface area contributed by atoms with E-state index in [4.69, 9.17) is 9.47 Å². The summed E-state index contributed by atoms with van der Waals surface area (Å²) in [6, 6.07) is 0. The molecule has 6 heteroatoms. The van der Waals surface area contributed by atoms with Crippen molar-refractivity contribution in [1.82, 2.24) is 5.32 Å². The van der Waals surface area contributed by atoms with Gasteiger partial charge < -0.3 is 14.8 Å². The van der Waals surface area contributed by atoms with Gasteiger partial charge in [0.2, 0.25) is 5.91 Å². The number of esters is 2. The maximum absolute atomic E-state index is 11.8. The Morgan fingerprint density at radius 1 is 1.55 bits per heavy atom. The number of carbonyl (C=O) groups excluding carboxylic acids is 3. The summed E-state index contributed by atoms with van der Waals surface area (Å²) in [5.74, 6) is -0.789. The topological polar surface area (TPSA) is 81.7 Å². The van der Waals surface area contributed by atoms with Gasteiger partial charge in [-0.05, 0) is 25.8 Å². The Labute approximate surface area is 116 Å². The van der Waals surface area contributed by atoms with Crippen molar-refractivity contribution in [3.05, 3.63) is 12.7 Å². The van der Waals surface area contributed by atoms with Gasteiger partial charge in [0.25, 0.3) is 0 Å². The minimum absolute atomic E-state index is 0.0164. The zero-order valence-electron chi connectivity index (χ0n) is 11.3.